The number of esters is 2. The highest BCUT2D eigenvalue weighted by atomic mass is 35.5. The van der Waals surface area contributed by atoms with E-state index in [0.717, 1.165) is 0 Å². The van der Waals surface area contributed by atoms with E-state index in [-0.39, 0.29) is 23.5 Å². The summed E-state index contributed by atoms with van der Waals surface area (Å²) in [5, 5.41) is 0.475. The van der Waals surface area contributed by atoms with Crippen LogP contribution in [0, 0.1) is 0 Å². The first kappa shape index (κ1) is 18.2. The van der Waals surface area contributed by atoms with Gasteiger partial charge >= 0.3 is 11.9 Å². The SMILES string of the molecule is O=C(O[C@H]1CCOC1=O)c1cccc(S(=O)(=O)Nc2ccc(Cl)cc2)c1. The summed E-state index contributed by atoms with van der Waals surface area (Å²) in [6.07, 6.45) is -0.685. The summed E-state index contributed by atoms with van der Waals surface area (Å²) in [4.78, 5) is 23.4. The van der Waals surface area contributed by atoms with Crippen LogP contribution in [0.1, 0.15) is 16.8 Å². The molecule has 26 heavy (non-hydrogen) atoms. The quantitative estimate of drug-likeness (QED) is 0.781. The van der Waals surface area contributed by atoms with Crippen LogP contribution in [0.3, 0.4) is 0 Å². The highest BCUT2D eigenvalue weighted by molar-refractivity contribution is 7.92. The summed E-state index contributed by atoms with van der Waals surface area (Å²) < 4.78 is 37.2. The Bertz CT molecular complexity index is 942. The molecular formula is C17H14ClNO6S. The summed E-state index contributed by atoms with van der Waals surface area (Å²) in [6.45, 7) is 0.191. The standard InChI is InChI=1S/C17H14ClNO6S/c18-12-4-6-13(7-5-12)19-26(22,23)14-3-1-2-11(10-14)16(20)25-15-8-9-24-17(15)21/h1-7,10,15,19H,8-9H2/t15-/m0/s1. The second kappa shape index (κ2) is 7.35. The van der Waals surface area contributed by atoms with Crippen LogP contribution in [0.15, 0.2) is 53.4 Å². The molecule has 1 saturated heterocycles. The fraction of sp³-hybridized carbons (Fsp3) is 0.176. The van der Waals surface area contributed by atoms with Gasteiger partial charge in [-0.05, 0) is 42.5 Å². The molecule has 1 aliphatic rings. The Morgan fingerprint density at radius 3 is 2.58 bits per heavy atom. The summed E-state index contributed by atoms with van der Waals surface area (Å²) in [5.74, 6) is -1.40. The Morgan fingerprint density at radius 2 is 1.92 bits per heavy atom. The third-order valence-electron chi connectivity index (χ3n) is 3.61. The number of ether oxygens (including phenoxy) is 2. The molecule has 1 atom stereocenters. The zero-order chi connectivity index (χ0) is 18.7. The van der Waals surface area contributed by atoms with Gasteiger partial charge in [0.2, 0.25) is 6.10 Å². The third kappa shape index (κ3) is 4.14. The van der Waals surface area contributed by atoms with Gasteiger partial charge < -0.3 is 9.47 Å². The van der Waals surface area contributed by atoms with Crippen molar-refractivity contribution in [3.63, 3.8) is 0 Å². The normalized spacial score (nSPS) is 16.8. The molecule has 1 fully saturated rings. The van der Waals surface area contributed by atoms with E-state index < -0.39 is 28.1 Å². The maximum absolute atomic E-state index is 12.5. The number of anilines is 1. The van der Waals surface area contributed by atoms with Gasteiger partial charge in [-0.25, -0.2) is 18.0 Å². The highest BCUT2D eigenvalue weighted by Crippen LogP contribution is 2.20. The maximum Gasteiger partial charge on any atom is 0.347 e. The van der Waals surface area contributed by atoms with Crippen molar-refractivity contribution in [2.24, 2.45) is 0 Å². The van der Waals surface area contributed by atoms with E-state index >= 15 is 0 Å². The lowest BCUT2D eigenvalue weighted by molar-refractivity contribution is -0.145. The van der Waals surface area contributed by atoms with Gasteiger partial charge in [-0.1, -0.05) is 17.7 Å². The zero-order valence-electron chi connectivity index (χ0n) is 13.3. The zero-order valence-corrected chi connectivity index (χ0v) is 14.9. The number of carbonyl (C=O) groups excluding carboxylic acids is 2. The highest BCUT2D eigenvalue weighted by Gasteiger charge is 2.30. The number of rotatable bonds is 5. The van der Waals surface area contributed by atoms with E-state index in [1.54, 1.807) is 12.1 Å². The largest absolute Gasteiger partial charge is 0.463 e. The molecule has 0 unspecified atom stereocenters. The molecule has 2 aromatic rings. The summed E-state index contributed by atoms with van der Waals surface area (Å²) in [5.41, 5.74) is 0.347. The van der Waals surface area contributed by atoms with Crippen molar-refractivity contribution < 1.29 is 27.5 Å². The van der Waals surface area contributed by atoms with Crippen LogP contribution in [0.2, 0.25) is 5.02 Å². The molecule has 1 N–H and O–H groups in total. The average molecular weight is 396 g/mol. The molecule has 0 radical (unpaired) electrons. The molecule has 1 heterocycles. The number of benzene rings is 2. The van der Waals surface area contributed by atoms with Crippen LogP contribution in [0.4, 0.5) is 5.69 Å². The molecule has 0 bridgehead atoms. The van der Waals surface area contributed by atoms with Gasteiger partial charge in [0.25, 0.3) is 10.0 Å². The first-order valence-corrected chi connectivity index (χ1v) is 9.47. The molecule has 0 saturated carbocycles. The van der Waals surface area contributed by atoms with E-state index in [9.17, 15) is 18.0 Å². The maximum atomic E-state index is 12.5. The van der Waals surface area contributed by atoms with Gasteiger partial charge in [-0.15, -0.1) is 0 Å². The predicted molar refractivity (Wildman–Crippen MR) is 93.5 cm³/mol. The number of halogens is 1. The first-order chi connectivity index (χ1) is 12.3. The van der Waals surface area contributed by atoms with Crippen LogP contribution in [0.25, 0.3) is 0 Å². The number of hydrogen-bond donors (Lipinski definition) is 1. The minimum absolute atomic E-state index is 0.0173. The first-order valence-electron chi connectivity index (χ1n) is 7.61. The van der Waals surface area contributed by atoms with Crippen molar-refractivity contribution in [3.8, 4) is 0 Å². The predicted octanol–water partition coefficient (Wildman–Crippen LogP) is 2.61. The van der Waals surface area contributed by atoms with Crippen molar-refractivity contribution in [3.05, 3.63) is 59.1 Å². The second-order valence-electron chi connectivity index (χ2n) is 5.49. The molecule has 0 spiro atoms. The van der Waals surface area contributed by atoms with Crippen LogP contribution < -0.4 is 4.72 Å². The summed E-state index contributed by atoms with van der Waals surface area (Å²) in [7, 11) is -3.91. The lowest BCUT2D eigenvalue weighted by Crippen LogP contribution is -2.23. The van der Waals surface area contributed by atoms with Crippen molar-refractivity contribution in [2.45, 2.75) is 17.4 Å². The number of cyclic esters (lactones) is 1. The Balaban J connectivity index is 1.78. The van der Waals surface area contributed by atoms with E-state index in [2.05, 4.69) is 4.72 Å². The molecular weight excluding hydrogens is 382 g/mol. The van der Waals surface area contributed by atoms with Gasteiger partial charge in [0, 0.05) is 17.1 Å². The summed E-state index contributed by atoms with van der Waals surface area (Å²) >= 11 is 5.77. The van der Waals surface area contributed by atoms with Crippen molar-refractivity contribution >= 4 is 39.3 Å². The van der Waals surface area contributed by atoms with Gasteiger partial charge in [0.05, 0.1) is 17.1 Å². The molecule has 7 nitrogen and oxygen atoms in total. The number of carbonyl (C=O) groups is 2. The molecule has 0 aromatic heterocycles. The molecule has 136 valence electrons. The molecule has 2 aromatic carbocycles. The number of hydrogen-bond acceptors (Lipinski definition) is 6. The fourth-order valence-corrected chi connectivity index (χ4v) is 3.53. The summed E-state index contributed by atoms with van der Waals surface area (Å²) in [6, 6.07) is 11.5. The van der Waals surface area contributed by atoms with E-state index in [0.29, 0.717) is 10.7 Å². The van der Waals surface area contributed by atoms with E-state index in [4.69, 9.17) is 21.1 Å². The topological polar surface area (TPSA) is 98.8 Å². The minimum Gasteiger partial charge on any atom is -0.463 e. The lowest BCUT2D eigenvalue weighted by Gasteiger charge is -2.11. The smallest absolute Gasteiger partial charge is 0.347 e. The fourth-order valence-electron chi connectivity index (χ4n) is 2.30. The second-order valence-corrected chi connectivity index (χ2v) is 7.61. The van der Waals surface area contributed by atoms with Crippen LogP contribution >= 0.6 is 11.6 Å². The van der Waals surface area contributed by atoms with Gasteiger partial charge in [0.1, 0.15) is 0 Å². The van der Waals surface area contributed by atoms with Crippen LogP contribution in [0.5, 0.6) is 0 Å². The molecule has 3 rings (SSSR count). The van der Waals surface area contributed by atoms with E-state index in [1.165, 1.54) is 36.4 Å². The Hall–Kier alpha value is -2.58. The number of sulfonamides is 1. The Labute approximate surface area is 154 Å². The molecule has 1 aliphatic heterocycles. The van der Waals surface area contributed by atoms with Crippen LogP contribution in [-0.2, 0) is 24.3 Å². The lowest BCUT2D eigenvalue weighted by atomic mass is 10.2. The van der Waals surface area contributed by atoms with E-state index in [1.807, 2.05) is 0 Å². The monoisotopic (exact) mass is 395 g/mol. The van der Waals surface area contributed by atoms with Crippen LogP contribution in [-0.4, -0.2) is 33.1 Å². The molecule has 9 heteroatoms. The molecule has 0 amide bonds. The van der Waals surface area contributed by atoms with Gasteiger partial charge in [0.15, 0.2) is 0 Å². The number of nitrogens with one attached hydrogen (secondary N) is 1. The Morgan fingerprint density at radius 1 is 1.19 bits per heavy atom. The third-order valence-corrected chi connectivity index (χ3v) is 5.24. The molecule has 0 aliphatic carbocycles. The van der Waals surface area contributed by atoms with Gasteiger partial charge in [-0.2, -0.15) is 0 Å². The van der Waals surface area contributed by atoms with Gasteiger partial charge in [-0.3, -0.25) is 4.72 Å². The Kier molecular flexibility index (Phi) is 5.15. The minimum atomic E-state index is -3.91. The van der Waals surface area contributed by atoms with Crippen molar-refractivity contribution in [2.75, 3.05) is 11.3 Å². The van der Waals surface area contributed by atoms with Crippen molar-refractivity contribution in [1.29, 1.82) is 0 Å². The van der Waals surface area contributed by atoms with Crippen molar-refractivity contribution in [1.82, 2.24) is 0 Å². The average Bonchev–Trinajstić information content (AvgIpc) is 3.02.